The van der Waals surface area contributed by atoms with Gasteiger partial charge in [0.05, 0.1) is 0 Å². The fourth-order valence-corrected chi connectivity index (χ4v) is 3.94. The molecule has 0 aliphatic heterocycles. The Balaban J connectivity index is 2.25. The number of hydrogen-bond donors (Lipinski definition) is 2. The van der Waals surface area contributed by atoms with Gasteiger partial charge in [-0.1, -0.05) is 34.1 Å². The first-order valence-electron chi connectivity index (χ1n) is 8.40. The summed E-state index contributed by atoms with van der Waals surface area (Å²) in [5, 5.41) is 3.79. The van der Waals surface area contributed by atoms with E-state index >= 15 is 0 Å². The number of nitrogen functional groups attached to an aromatic ring is 1. The zero-order valence-electron chi connectivity index (χ0n) is 14.0. The molecule has 1 aromatic heterocycles. The lowest BCUT2D eigenvalue weighted by Gasteiger charge is -2.45. The predicted molar refractivity (Wildman–Crippen MR) is 90.3 cm³/mol. The van der Waals surface area contributed by atoms with Crippen LogP contribution in [0.4, 0.5) is 5.69 Å². The number of nitrogens with one attached hydrogen (secondary N) is 1. The molecule has 1 aliphatic rings. The van der Waals surface area contributed by atoms with Crippen molar-refractivity contribution in [2.45, 2.75) is 64.8 Å². The van der Waals surface area contributed by atoms with Gasteiger partial charge in [-0.15, -0.1) is 0 Å². The minimum Gasteiger partial charge on any atom is -0.398 e. The Morgan fingerprint density at radius 2 is 2.14 bits per heavy atom. The summed E-state index contributed by atoms with van der Waals surface area (Å²) >= 11 is 0. The molecule has 1 heterocycles. The fourth-order valence-electron chi connectivity index (χ4n) is 3.94. The highest BCUT2D eigenvalue weighted by Gasteiger charge is 2.40. The molecule has 1 aliphatic carbocycles. The number of nitrogens with two attached hydrogens (primary N) is 1. The molecule has 0 radical (unpaired) electrons. The average molecular weight is 289 g/mol. The molecule has 3 N–H and O–H groups in total. The molecule has 21 heavy (non-hydrogen) atoms. The van der Waals surface area contributed by atoms with Crippen LogP contribution in [-0.4, -0.2) is 17.6 Å². The van der Waals surface area contributed by atoms with E-state index in [1.807, 2.05) is 12.3 Å². The van der Waals surface area contributed by atoms with Crippen LogP contribution in [0.15, 0.2) is 18.5 Å². The number of hydrogen-bond acceptors (Lipinski definition) is 3. The minimum atomic E-state index is 0.0594. The van der Waals surface area contributed by atoms with Crippen molar-refractivity contribution >= 4 is 5.69 Å². The van der Waals surface area contributed by atoms with Gasteiger partial charge in [-0.3, -0.25) is 4.98 Å². The standard InChI is InChI=1S/C18H31N3/c1-5-9-21-17-11-13(2)6-7-14(17)18(3,4)15-12-20-10-8-16(15)19/h8,10,12-14,17,21H,5-7,9,11H2,1-4H3,(H2,19,20). The molecule has 2 rings (SSSR count). The smallest absolute Gasteiger partial charge is 0.0383 e. The molecule has 118 valence electrons. The van der Waals surface area contributed by atoms with E-state index in [4.69, 9.17) is 5.73 Å². The van der Waals surface area contributed by atoms with Crippen LogP contribution in [0, 0.1) is 11.8 Å². The Morgan fingerprint density at radius 1 is 1.38 bits per heavy atom. The Bertz CT molecular complexity index is 456. The molecule has 3 atom stereocenters. The summed E-state index contributed by atoms with van der Waals surface area (Å²) in [4.78, 5) is 4.31. The topological polar surface area (TPSA) is 50.9 Å². The second-order valence-electron chi connectivity index (χ2n) is 7.27. The second-order valence-corrected chi connectivity index (χ2v) is 7.27. The van der Waals surface area contributed by atoms with E-state index in [1.54, 1.807) is 6.20 Å². The highest BCUT2D eigenvalue weighted by Crippen LogP contribution is 2.43. The van der Waals surface area contributed by atoms with E-state index in [2.05, 4.69) is 38.0 Å². The lowest BCUT2D eigenvalue weighted by molar-refractivity contribution is 0.146. The number of aromatic nitrogens is 1. The van der Waals surface area contributed by atoms with E-state index in [0.717, 1.165) is 18.2 Å². The van der Waals surface area contributed by atoms with Gasteiger partial charge in [0.15, 0.2) is 0 Å². The van der Waals surface area contributed by atoms with Gasteiger partial charge >= 0.3 is 0 Å². The first-order valence-corrected chi connectivity index (χ1v) is 8.40. The van der Waals surface area contributed by atoms with Crippen LogP contribution in [0.3, 0.4) is 0 Å². The molecule has 0 bridgehead atoms. The zero-order chi connectivity index (χ0) is 15.5. The van der Waals surface area contributed by atoms with E-state index in [0.29, 0.717) is 12.0 Å². The van der Waals surface area contributed by atoms with Crippen LogP contribution in [0.2, 0.25) is 0 Å². The summed E-state index contributed by atoms with van der Waals surface area (Å²) in [6.45, 7) is 10.4. The summed E-state index contributed by atoms with van der Waals surface area (Å²) in [7, 11) is 0. The largest absolute Gasteiger partial charge is 0.398 e. The molecule has 1 aromatic rings. The van der Waals surface area contributed by atoms with Crippen molar-refractivity contribution < 1.29 is 0 Å². The third kappa shape index (κ3) is 3.57. The van der Waals surface area contributed by atoms with Gasteiger partial charge in [-0.25, -0.2) is 0 Å². The van der Waals surface area contributed by atoms with Crippen LogP contribution in [0.25, 0.3) is 0 Å². The third-order valence-corrected chi connectivity index (χ3v) is 5.24. The summed E-state index contributed by atoms with van der Waals surface area (Å²) in [5.41, 5.74) is 8.36. The van der Waals surface area contributed by atoms with Gasteiger partial charge in [0.2, 0.25) is 0 Å². The van der Waals surface area contributed by atoms with Gasteiger partial charge in [0.25, 0.3) is 0 Å². The van der Waals surface area contributed by atoms with E-state index in [9.17, 15) is 0 Å². The average Bonchev–Trinajstić information content (AvgIpc) is 2.45. The van der Waals surface area contributed by atoms with Crippen molar-refractivity contribution in [1.82, 2.24) is 10.3 Å². The lowest BCUT2D eigenvalue weighted by Crippen LogP contribution is -2.48. The molecule has 0 saturated heterocycles. The Hall–Kier alpha value is -1.09. The predicted octanol–water partition coefficient (Wildman–Crippen LogP) is 3.75. The Labute approximate surface area is 129 Å². The molecule has 3 unspecified atom stereocenters. The third-order valence-electron chi connectivity index (χ3n) is 5.24. The molecule has 1 saturated carbocycles. The number of pyridine rings is 1. The van der Waals surface area contributed by atoms with Gasteiger partial charge in [0, 0.05) is 24.1 Å². The molecule has 0 spiro atoms. The monoisotopic (exact) mass is 289 g/mol. The van der Waals surface area contributed by atoms with Crippen molar-refractivity contribution in [2.24, 2.45) is 11.8 Å². The van der Waals surface area contributed by atoms with Gasteiger partial charge in [-0.05, 0) is 54.7 Å². The molecule has 0 amide bonds. The second kappa shape index (κ2) is 6.78. The van der Waals surface area contributed by atoms with E-state index < -0.39 is 0 Å². The van der Waals surface area contributed by atoms with Crippen LogP contribution in [0.1, 0.15) is 58.9 Å². The minimum absolute atomic E-state index is 0.0594. The van der Waals surface area contributed by atoms with Crippen LogP contribution < -0.4 is 11.1 Å². The van der Waals surface area contributed by atoms with Crippen molar-refractivity contribution in [1.29, 1.82) is 0 Å². The first kappa shape index (κ1) is 16.3. The van der Waals surface area contributed by atoms with Crippen molar-refractivity contribution in [3.63, 3.8) is 0 Å². The highest BCUT2D eigenvalue weighted by molar-refractivity contribution is 5.48. The van der Waals surface area contributed by atoms with Crippen LogP contribution >= 0.6 is 0 Å². The Morgan fingerprint density at radius 3 is 2.81 bits per heavy atom. The van der Waals surface area contributed by atoms with Gasteiger partial charge < -0.3 is 11.1 Å². The van der Waals surface area contributed by atoms with Crippen LogP contribution in [-0.2, 0) is 5.41 Å². The lowest BCUT2D eigenvalue weighted by atomic mass is 9.63. The maximum Gasteiger partial charge on any atom is 0.0383 e. The van der Waals surface area contributed by atoms with Gasteiger partial charge in [-0.2, -0.15) is 0 Å². The number of anilines is 1. The quantitative estimate of drug-likeness (QED) is 0.868. The SMILES string of the molecule is CCCNC1CC(C)CCC1C(C)(C)c1cnccc1N. The summed E-state index contributed by atoms with van der Waals surface area (Å²) < 4.78 is 0. The molecule has 3 heteroatoms. The highest BCUT2D eigenvalue weighted by atomic mass is 14.9. The molecular weight excluding hydrogens is 258 g/mol. The maximum atomic E-state index is 6.23. The summed E-state index contributed by atoms with van der Waals surface area (Å²) in [5.74, 6) is 1.43. The Kier molecular flexibility index (Phi) is 5.26. The molecule has 3 nitrogen and oxygen atoms in total. The van der Waals surface area contributed by atoms with E-state index in [-0.39, 0.29) is 5.41 Å². The summed E-state index contributed by atoms with van der Waals surface area (Å²) in [6.07, 6.45) is 8.79. The normalized spacial score (nSPS) is 26.8. The van der Waals surface area contributed by atoms with Crippen molar-refractivity contribution in [3.8, 4) is 0 Å². The molecule has 0 aromatic carbocycles. The van der Waals surface area contributed by atoms with Crippen LogP contribution in [0.5, 0.6) is 0 Å². The fraction of sp³-hybridized carbons (Fsp3) is 0.722. The summed E-state index contributed by atoms with van der Waals surface area (Å²) in [6, 6.07) is 2.51. The van der Waals surface area contributed by atoms with Gasteiger partial charge in [0.1, 0.15) is 0 Å². The van der Waals surface area contributed by atoms with E-state index in [1.165, 1.54) is 31.2 Å². The maximum absolute atomic E-state index is 6.23. The van der Waals surface area contributed by atoms with Crippen molar-refractivity contribution in [2.75, 3.05) is 12.3 Å². The number of nitrogens with zero attached hydrogens (tertiary/aromatic N) is 1. The zero-order valence-corrected chi connectivity index (χ0v) is 14.0. The first-order chi connectivity index (χ1) is 9.96. The van der Waals surface area contributed by atoms with Crippen molar-refractivity contribution in [3.05, 3.63) is 24.0 Å². The number of rotatable bonds is 5. The molecule has 1 fully saturated rings. The molecular formula is C18H31N3.